The van der Waals surface area contributed by atoms with Gasteiger partial charge in [0.1, 0.15) is 0 Å². The second kappa shape index (κ2) is 9.00. The molecule has 3 aliphatic rings. The molecule has 1 aromatic carbocycles. The molecule has 8 nitrogen and oxygen atoms in total. The molecular formula is C28H36N8. The summed E-state index contributed by atoms with van der Waals surface area (Å²) in [6, 6.07) is 6.33. The van der Waals surface area contributed by atoms with Crippen molar-refractivity contribution in [2.24, 2.45) is 11.8 Å². The van der Waals surface area contributed by atoms with E-state index in [0.717, 1.165) is 66.3 Å². The number of aromatic amines is 1. The predicted molar refractivity (Wildman–Crippen MR) is 145 cm³/mol. The highest BCUT2D eigenvalue weighted by Crippen LogP contribution is 2.53. The average molecular weight is 485 g/mol. The van der Waals surface area contributed by atoms with Crippen molar-refractivity contribution < 1.29 is 0 Å². The lowest BCUT2D eigenvalue weighted by molar-refractivity contribution is 0.394. The third-order valence-corrected chi connectivity index (χ3v) is 8.62. The Hall–Kier alpha value is -3.26. The fourth-order valence-electron chi connectivity index (χ4n) is 6.36. The monoisotopic (exact) mass is 484 g/mol. The highest BCUT2D eigenvalue weighted by Gasteiger charge is 2.62. The fourth-order valence-corrected chi connectivity index (χ4v) is 6.36. The number of aryl methyl sites for hydroxylation is 1. The number of aromatic nitrogens is 5. The van der Waals surface area contributed by atoms with Crippen LogP contribution in [0.5, 0.6) is 0 Å². The summed E-state index contributed by atoms with van der Waals surface area (Å²) in [5.41, 5.74) is 4.50. The van der Waals surface area contributed by atoms with Gasteiger partial charge in [-0.2, -0.15) is 5.10 Å². The molecule has 0 bridgehead atoms. The van der Waals surface area contributed by atoms with Crippen molar-refractivity contribution in [3.05, 3.63) is 47.7 Å². The number of hydrogen-bond acceptors (Lipinski definition) is 7. The van der Waals surface area contributed by atoms with Crippen LogP contribution in [0.3, 0.4) is 0 Å². The lowest BCUT2D eigenvalue weighted by Gasteiger charge is -2.37. The largest absolute Gasteiger partial charge is 0.359 e. The van der Waals surface area contributed by atoms with E-state index in [1.807, 2.05) is 19.1 Å². The van der Waals surface area contributed by atoms with Gasteiger partial charge in [-0.3, -0.25) is 5.10 Å². The number of piperazine rings is 1. The van der Waals surface area contributed by atoms with Gasteiger partial charge in [0.2, 0.25) is 0 Å². The third-order valence-electron chi connectivity index (χ3n) is 8.62. The number of H-pyrrole nitrogens is 1. The second-order valence-corrected chi connectivity index (χ2v) is 10.7. The minimum Gasteiger partial charge on any atom is -0.359 e. The van der Waals surface area contributed by atoms with E-state index >= 15 is 0 Å². The van der Waals surface area contributed by atoms with E-state index in [-0.39, 0.29) is 11.6 Å². The lowest BCUT2D eigenvalue weighted by atomic mass is 9.99. The lowest BCUT2D eigenvalue weighted by Crippen LogP contribution is -2.55. The zero-order valence-electron chi connectivity index (χ0n) is 21.7. The van der Waals surface area contributed by atoms with E-state index in [2.05, 4.69) is 75.9 Å². The van der Waals surface area contributed by atoms with Crippen LogP contribution in [0, 0.1) is 18.8 Å². The normalized spacial score (nSPS) is 26.3. The van der Waals surface area contributed by atoms with Gasteiger partial charge in [-0.25, -0.2) is 4.98 Å². The number of allylic oxidation sites excluding steroid dienone is 3. The molecule has 6 rings (SSSR count). The van der Waals surface area contributed by atoms with Gasteiger partial charge in [-0.05, 0) is 62.3 Å². The zero-order chi connectivity index (χ0) is 24.9. The van der Waals surface area contributed by atoms with Crippen LogP contribution in [0.15, 0.2) is 42.0 Å². The Morgan fingerprint density at radius 1 is 1.28 bits per heavy atom. The van der Waals surface area contributed by atoms with Gasteiger partial charge < -0.3 is 15.5 Å². The molecule has 0 radical (unpaired) electrons. The van der Waals surface area contributed by atoms with Crippen LogP contribution in [-0.4, -0.2) is 56.6 Å². The predicted octanol–water partition coefficient (Wildman–Crippen LogP) is 4.62. The van der Waals surface area contributed by atoms with Gasteiger partial charge in [-0.1, -0.05) is 38.5 Å². The summed E-state index contributed by atoms with van der Waals surface area (Å²) in [4.78, 5) is 7.58. The average Bonchev–Trinajstić information content (AvgIpc) is 3.24. The Balaban J connectivity index is 1.37. The number of rotatable bonds is 6. The number of benzene rings is 1. The van der Waals surface area contributed by atoms with Crippen molar-refractivity contribution in [2.45, 2.75) is 58.5 Å². The maximum atomic E-state index is 5.15. The van der Waals surface area contributed by atoms with Gasteiger partial charge in [0.05, 0.1) is 5.52 Å². The summed E-state index contributed by atoms with van der Waals surface area (Å²) in [7, 11) is 0. The SMILES string of the molecule is CCC1C(C)C12CN(c1nc(-c3ccc4n[nH]c(C)c4c3)nnc1NC(C)C1=CC=CCC1)CCN2. The molecule has 4 atom stereocenters. The summed E-state index contributed by atoms with van der Waals surface area (Å²) < 4.78 is 0. The molecule has 3 heterocycles. The molecule has 1 spiro atoms. The quantitative estimate of drug-likeness (QED) is 0.470. The molecule has 36 heavy (non-hydrogen) atoms. The maximum Gasteiger partial charge on any atom is 0.192 e. The second-order valence-electron chi connectivity index (χ2n) is 10.7. The Bertz CT molecular complexity index is 1340. The summed E-state index contributed by atoms with van der Waals surface area (Å²) in [6.45, 7) is 11.7. The van der Waals surface area contributed by atoms with Gasteiger partial charge in [0, 0.05) is 47.9 Å². The van der Waals surface area contributed by atoms with Gasteiger partial charge in [-0.15, -0.1) is 10.2 Å². The van der Waals surface area contributed by atoms with Crippen molar-refractivity contribution in [1.82, 2.24) is 30.7 Å². The molecule has 0 amide bonds. The molecule has 1 saturated carbocycles. The van der Waals surface area contributed by atoms with E-state index in [0.29, 0.717) is 17.7 Å². The molecule has 1 saturated heterocycles. The smallest absolute Gasteiger partial charge is 0.192 e. The summed E-state index contributed by atoms with van der Waals surface area (Å²) in [5, 5.41) is 25.3. The third kappa shape index (κ3) is 3.88. The van der Waals surface area contributed by atoms with Crippen LogP contribution in [0.4, 0.5) is 11.6 Å². The molecule has 2 aromatic heterocycles. The van der Waals surface area contributed by atoms with Gasteiger partial charge >= 0.3 is 0 Å². The topological polar surface area (TPSA) is 94.7 Å². The molecule has 1 aliphatic heterocycles. The molecular weight excluding hydrogens is 448 g/mol. The van der Waals surface area contributed by atoms with Crippen LogP contribution in [-0.2, 0) is 0 Å². The van der Waals surface area contributed by atoms with E-state index < -0.39 is 0 Å². The van der Waals surface area contributed by atoms with Gasteiger partial charge in [0.15, 0.2) is 17.5 Å². The first kappa shape index (κ1) is 23.2. The zero-order valence-corrected chi connectivity index (χ0v) is 21.7. The van der Waals surface area contributed by atoms with E-state index in [1.165, 1.54) is 12.0 Å². The molecule has 188 valence electrons. The van der Waals surface area contributed by atoms with E-state index in [9.17, 15) is 0 Å². The molecule has 2 fully saturated rings. The summed E-state index contributed by atoms with van der Waals surface area (Å²) >= 11 is 0. The number of nitrogens with one attached hydrogen (secondary N) is 3. The van der Waals surface area contributed by atoms with Crippen molar-refractivity contribution >= 4 is 22.5 Å². The molecule has 3 N–H and O–H groups in total. The van der Waals surface area contributed by atoms with Crippen molar-refractivity contribution in [3.8, 4) is 11.4 Å². The molecule has 3 aromatic rings. The first-order chi connectivity index (χ1) is 17.5. The van der Waals surface area contributed by atoms with Crippen LogP contribution in [0.1, 0.15) is 45.7 Å². The van der Waals surface area contributed by atoms with Crippen molar-refractivity contribution in [2.75, 3.05) is 29.9 Å². The number of nitrogens with zero attached hydrogens (tertiary/aromatic N) is 5. The Labute approximate surface area is 212 Å². The van der Waals surface area contributed by atoms with Crippen molar-refractivity contribution in [3.63, 3.8) is 0 Å². The number of hydrogen-bond donors (Lipinski definition) is 3. The number of fused-ring (bicyclic) bond motifs is 1. The minimum absolute atomic E-state index is 0.167. The fraction of sp³-hybridized carbons (Fsp3) is 0.500. The van der Waals surface area contributed by atoms with E-state index in [4.69, 9.17) is 10.1 Å². The van der Waals surface area contributed by atoms with E-state index in [1.54, 1.807) is 0 Å². The van der Waals surface area contributed by atoms with Gasteiger partial charge in [0.25, 0.3) is 0 Å². The van der Waals surface area contributed by atoms with Crippen LogP contribution in [0.25, 0.3) is 22.3 Å². The maximum absolute atomic E-state index is 5.15. The standard InChI is InChI=1S/C28H36N8/c1-5-23-17(2)28(23)16-36(14-13-29-28)27-26(30-18(3)20-9-7-6-8-10-20)35-34-25(31-27)21-11-12-24-22(15-21)19(4)32-33-24/h6-7,9,11-12,15,17-18,23,29H,5,8,10,13-14,16H2,1-4H3,(H,30,35)(H,32,33). The minimum atomic E-state index is 0.167. The van der Waals surface area contributed by atoms with Crippen LogP contribution in [0.2, 0.25) is 0 Å². The van der Waals surface area contributed by atoms with Crippen LogP contribution < -0.4 is 15.5 Å². The Morgan fingerprint density at radius 3 is 2.94 bits per heavy atom. The Kier molecular flexibility index (Phi) is 5.79. The first-order valence-electron chi connectivity index (χ1n) is 13.3. The molecule has 4 unspecified atom stereocenters. The summed E-state index contributed by atoms with van der Waals surface area (Å²) in [5.74, 6) is 3.68. The van der Waals surface area contributed by atoms with Crippen molar-refractivity contribution in [1.29, 1.82) is 0 Å². The Morgan fingerprint density at radius 2 is 2.17 bits per heavy atom. The van der Waals surface area contributed by atoms with Crippen LogP contribution >= 0.6 is 0 Å². The molecule has 8 heteroatoms. The summed E-state index contributed by atoms with van der Waals surface area (Å²) in [6.07, 6.45) is 9.94. The molecule has 2 aliphatic carbocycles. The highest BCUT2D eigenvalue weighted by atomic mass is 15.3. The number of anilines is 2. The highest BCUT2D eigenvalue weighted by molar-refractivity contribution is 5.85. The first-order valence-corrected chi connectivity index (χ1v) is 13.3.